The maximum Gasteiger partial charge on any atom is 0.205 e. The molecule has 0 aliphatic carbocycles. The third-order valence-electron chi connectivity index (χ3n) is 3.48. The Hall–Kier alpha value is -2.53. The Morgan fingerprint density at radius 3 is 2.62 bits per heavy atom. The van der Waals surface area contributed by atoms with E-state index in [2.05, 4.69) is 39.8 Å². The first-order chi connectivity index (χ1) is 10.3. The highest BCUT2D eigenvalue weighted by molar-refractivity contribution is 5.53. The lowest BCUT2D eigenvalue weighted by Crippen LogP contribution is -2.12. The van der Waals surface area contributed by atoms with Crippen molar-refractivity contribution in [2.45, 2.75) is 13.0 Å². The first kappa shape index (κ1) is 13.5. The second-order valence-corrected chi connectivity index (χ2v) is 4.87. The van der Waals surface area contributed by atoms with Crippen molar-refractivity contribution in [3.8, 4) is 17.1 Å². The monoisotopic (exact) mass is 279 g/mol. The number of tetrazole rings is 1. The first-order valence-corrected chi connectivity index (χ1v) is 6.91. The Balaban J connectivity index is 1.93. The van der Waals surface area contributed by atoms with E-state index in [0.29, 0.717) is 5.82 Å². The maximum atomic E-state index is 4.45. The molecule has 0 saturated heterocycles. The Bertz CT molecular complexity index is 720. The van der Waals surface area contributed by atoms with Crippen molar-refractivity contribution in [2.75, 3.05) is 7.05 Å². The summed E-state index contributed by atoms with van der Waals surface area (Å²) in [5.41, 5.74) is 3.06. The summed E-state index contributed by atoms with van der Waals surface area (Å²) in [6.07, 6.45) is 0. The van der Waals surface area contributed by atoms with E-state index in [9.17, 15) is 0 Å². The molecule has 1 N–H and O–H groups in total. The lowest BCUT2D eigenvalue weighted by atomic mass is 10.1. The Morgan fingerprint density at radius 1 is 1.05 bits per heavy atom. The molecule has 1 aromatic heterocycles. The van der Waals surface area contributed by atoms with Gasteiger partial charge in [0, 0.05) is 11.6 Å². The van der Waals surface area contributed by atoms with Crippen LogP contribution in [0.1, 0.15) is 18.5 Å². The predicted octanol–water partition coefficient (Wildman–Crippen LogP) is 2.61. The summed E-state index contributed by atoms with van der Waals surface area (Å²) in [5.74, 6) is 0.627. The number of nitrogens with one attached hydrogen (secondary N) is 1. The molecular weight excluding hydrogens is 262 g/mol. The number of aromatic nitrogens is 4. The van der Waals surface area contributed by atoms with Crippen molar-refractivity contribution in [2.24, 2.45) is 0 Å². The van der Waals surface area contributed by atoms with Crippen LogP contribution in [0.3, 0.4) is 0 Å². The van der Waals surface area contributed by atoms with Gasteiger partial charge < -0.3 is 5.32 Å². The van der Waals surface area contributed by atoms with Crippen LogP contribution in [0, 0.1) is 0 Å². The van der Waals surface area contributed by atoms with E-state index in [1.807, 2.05) is 49.5 Å². The number of hydrogen-bond acceptors (Lipinski definition) is 4. The molecule has 0 fully saturated rings. The highest BCUT2D eigenvalue weighted by Gasteiger charge is 2.08. The fraction of sp³-hybridized carbons (Fsp3) is 0.188. The van der Waals surface area contributed by atoms with Gasteiger partial charge in [-0.1, -0.05) is 42.5 Å². The van der Waals surface area contributed by atoms with Crippen molar-refractivity contribution in [1.29, 1.82) is 0 Å². The zero-order chi connectivity index (χ0) is 14.7. The standard InChI is InChI=1S/C16H17N5/c1-12(17-2)14-9-6-10-15(11-14)21-19-16(18-20-21)13-7-4-3-5-8-13/h3-12,17H,1-2H3. The maximum absolute atomic E-state index is 4.45. The van der Waals surface area contributed by atoms with Gasteiger partial charge >= 0.3 is 0 Å². The second-order valence-electron chi connectivity index (χ2n) is 4.87. The van der Waals surface area contributed by atoms with Crippen LogP contribution in [0.25, 0.3) is 17.1 Å². The van der Waals surface area contributed by atoms with E-state index in [1.54, 1.807) is 4.80 Å². The van der Waals surface area contributed by atoms with Crippen LogP contribution in [0.5, 0.6) is 0 Å². The van der Waals surface area contributed by atoms with Gasteiger partial charge in [0.15, 0.2) is 0 Å². The molecule has 3 rings (SSSR count). The van der Waals surface area contributed by atoms with Crippen LogP contribution < -0.4 is 5.32 Å². The highest BCUT2D eigenvalue weighted by atomic mass is 15.6. The van der Waals surface area contributed by atoms with Gasteiger partial charge in [-0.25, -0.2) is 0 Å². The molecule has 0 radical (unpaired) electrons. The van der Waals surface area contributed by atoms with Gasteiger partial charge in [0.25, 0.3) is 0 Å². The van der Waals surface area contributed by atoms with Crippen LogP contribution in [0.15, 0.2) is 54.6 Å². The van der Waals surface area contributed by atoms with E-state index in [-0.39, 0.29) is 6.04 Å². The summed E-state index contributed by atoms with van der Waals surface area (Å²) in [6, 6.07) is 18.3. The summed E-state index contributed by atoms with van der Waals surface area (Å²) in [4.78, 5) is 1.56. The number of nitrogens with zero attached hydrogens (tertiary/aromatic N) is 4. The minimum Gasteiger partial charge on any atom is -0.313 e. The average molecular weight is 279 g/mol. The normalized spacial score (nSPS) is 12.3. The largest absolute Gasteiger partial charge is 0.313 e. The lowest BCUT2D eigenvalue weighted by molar-refractivity contribution is 0.648. The van der Waals surface area contributed by atoms with Crippen molar-refractivity contribution in [3.63, 3.8) is 0 Å². The summed E-state index contributed by atoms with van der Waals surface area (Å²) < 4.78 is 0. The Morgan fingerprint density at radius 2 is 1.86 bits per heavy atom. The molecule has 5 heteroatoms. The third kappa shape index (κ3) is 2.83. The van der Waals surface area contributed by atoms with Crippen LogP contribution >= 0.6 is 0 Å². The predicted molar refractivity (Wildman–Crippen MR) is 82.1 cm³/mol. The summed E-state index contributed by atoms with van der Waals surface area (Å²) in [7, 11) is 1.94. The SMILES string of the molecule is CNC(C)c1cccc(-n2nnc(-c3ccccc3)n2)c1. The molecule has 21 heavy (non-hydrogen) atoms. The summed E-state index contributed by atoms with van der Waals surface area (Å²) in [5, 5.41) is 15.9. The fourth-order valence-electron chi connectivity index (χ4n) is 2.11. The Kier molecular flexibility index (Phi) is 3.75. The number of rotatable bonds is 4. The topological polar surface area (TPSA) is 55.6 Å². The van der Waals surface area contributed by atoms with Crippen LogP contribution in [0.4, 0.5) is 0 Å². The highest BCUT2D eigenvalue weighted by Crippen LogP contribution is 2.17. The Labute approximate surface area is 123 Å². The van der Waals surface area contributed by atoms with Crippen LogP contribution in [-0.4, -0.2) is 27.3 Å². The first-order valence-electron chi connectivity index (χ1n) is 6.91. The molecule has 2 aromatic carbocycles. The van der Waals surface area contributed by atoms with Gasteiger partial charge in [-0.15, -0.1) is 15.0 Å². The van der Waals surface area contributed by atoms with Gasteiger partial charge in [0.05, 0.1) is 5.69 Å². The van der Waals surface area contributed by atoms with Gasteiger partial charge in [-0.3, -0.25) is 0 Å². The van der Waals surface area contributed by atoms with Crippen molar-refractivity contribution in [1.82, 2.24) is 25.5 Å². The van der Waals surface area contributed by atoms with Crippen molar-refractivity contribution in [3.05, 3.63) is 60.2 Å². The van der Waals surface area contributed by atoms with Crippen molar-refractivity contribution >= 4 is 0 Å². The third-order valence-corrected chi connectivity index (χ3v) is 3.48. The smallest absolute Gasteiger partial charge is 0.205 e. The van der Waals surface area contributed by atoms with E-state index >= 15 is 0 Å². The van der Waals surface area contributed by atoms with Gasteiger partial charge in [0.1, 0.15) is 0 Å². The second kappa shape index (κ2) is 5.85. The molecule has 0 spiro atoms. The molecule has 0 bridgehead atoms. The van der Waals surface area contributed by atoms with E-state index in [0.717, 1.165) is 11.3 Å². The minimum atomic E-state index is 0.280. The summed E-state index contributed by atoms with van der Waals surface area (Å²) >= 11 is 0. The summed E-state index contributed by atoms with van der Waals surface area (Å²) in [6.45, 7) is 2.11. The zero-order valence-electron chi connectivity index (χ0n) is 12.1. The van der Waals surface area contributed by atoms with E-state index in [1.165, 1.54) is 5.56 Å². The van der Waals surface area contributed by atoms with Crippen molar-refractivity contribution < 1.29 is 0 Å². The van der Waals surface area contributed by atoms with Crippen LogP contribution in [-0.2, 0) is 0 Å². The minimum absolute atomic E-state index is 0.280. The molecule has 106 valence electrons. The van der Waals surface area contributed by atoms with Crippen LogP contribution in [0.2, 0.25) is 0 Å². The van der Waals surface area contributed by atoms with Gasteiger partial charge in [0.2, 0.25) is 5.82 Å². The number of benzene rings is 2. The molecule has 0 amide bonds. The molecule has 0 aliphatic rings. The molecule has 1 atom stereocenters. The molecule has 3 aromatic rings. The quantitative estimate of drug-likeness (QED) is 0.797. The fourth-order valence-corrected chi connectivity index (χ4v) is 2.11. The zero-order valence-corrected chi connectivity index (χ0v) is 12.1. The lowest BCUT2D eigenvalue weighted by Gasteiger charge is -2.11. The van der Waals surface area contributed by atoms with Gasteiger partial charge in [-0.2, -0.15) is 0 Å². The van der Waals surface area contributed by atoms with E-state index in [4.69, 9.17) is 0 Å². The molecular formula is C16H17N5. The van der Waals surface area contributed by atoms with Gasteiger partial charge in [-0.05, 0) is 36.9 Å². The molecule has 0 saturated carbocycles. The molecule has 1 unspecified atom stereocenters. The molecule has 0 aliphatic heterocycles. The average Bonchev–Trinajstić information content (AvgIpc) is 3.05. The molecule has 1 heterocycles. The molecule has 5 nitrogen and oxygen atoms in total. The van der Waals surface area contributed by atoms with E-state index < -0.39 is 0 Å². The number of hydrogen-bond donors (Lipinski definition) is 1.